The van der Waals surface area contributed by atoms with E-state index >= 15 is 0 Å². The van der Waals surface area contributed by atoms with Crippen molar-refractivity contribution in [2.75, 3.05) is 13.2 Å². The molecule has 7 heteroatoms. The fourth-order valence-electron chi connectivity index (χ4n) is 3.61. The number of halogens is 2. The first-order chi connectivity index (χ1) is 17.0. The summed E-state index contributed by atoms with van der Waals surface area (Å²) in [4.78, 5) is 28.1. The predicted octanol–water partition coefficient (Wildman–Crippen LogP) is 4.90. The Morgan fingerprint density at radius 1 is 0.886 bits per heavy atom. The Labute approximate surface area is 204 Å². The third-order valence-electron chi connectivity index (χ3n) is 5.54. The lowest BCUT2D eigenvalue weighted by Crippen LogP contribution is -2.51. The maximum Gasteiger partial charge on any atom is 0.261 e. The summed E-state index contributed by atoms with van der Waals surface area (Å²) < 4.78 is 32.3. The van der Waals surface area contributed by atoms with E-state index in [9.17, 15) is 18.4 Å². The summed E-state index contributed by atoms with van der Waals surface area (Å²) in [5.74, 6) is -1.13. The summed E-state index contributed by atoms with van der Waals surface area (Å²) in [5.41, 5.74) is 1.58. The first-order valence-corrected chi connectivity index (χ1v) is 11.7. The quantitative estimate of drug-likeness (QED) is 0.375. The van der Waals surface area contributed by atoms with Crippen LogP contribution >= 0.6 is 0 Å². The van der Waals surface area contributed by atoms with Crippen molar-refractivity contribution in [2.24, 2.45) is 0 Å². The van der Waals surface area contributed by atoms with Gasteiger partial charge in [-0.2, -0.15) is 0 Å². The molecule has 3 rings (SSSR count). The van der Waals surface area contributed by atoms with Crippen LogP contribution in [0.3, 0.4) is 0 Å². The third kappa shape index (κ3) is 8.21. The zero-order valence-electron chi connectivity index (χ0n) is 19.8. The summed E-state index contributed by atoms with van der Waals surface area (Å²) in [7, 11) is 0. The Morgan fingerprint density at radius 3 is 2.14 bits per heavy atom. The smallest absolute Gasteiger partial charge is 0.261 e. The van der Waals surface area contributed by atoms with Gasteiger partial charge in [0.2, 0.25) is 5.91 Å². The van der Waals surface area contributed by atoms with Gasteiger partial charge in [0, 0.05) is 19.5 Å². The lowest BCUT2D eigenvalue weighted by Gasteiger charge is -2.31. The standard InChI is InChI=1S/C28H30F2N2O3/c1-2-3-17-31-28(34)26(18-21-7-5-4-6-8-21)32(19-22-9-11-23(29)12-10-22)27(33)20-35-25-15-13-24(30)14-16-25/h4-16,26H,2-3,17-20H2,1H3,(H,31,34)/t26-/m1/s1. The first-order valence-electron chi connectivity index (χ1n) is 11.7. The molecule has 0 heterocycles. The first kappa shape index (κ1) is 25.9. The minimum Gasteiger partial charge on any atom is -0.484 e. The van der Waals surface area contributed by atoms with Gasteiger partial charge < -0.3 is 15.0 Å². The number of carbonyl (C=O) groups is 2. The second-order valence-electron chi connectivity index (χ2n) is 8.24. The van der Waals surface area contributed by atoms with E-state index < -0.39 is 17.8 Å². The second kappa shape index (κ2) is 13.2. The molecular weight excluding hydrogens is 450 g/mol. The van der Waals surface area contributed by atoms with Gasteiger partial charge in [0.25, 0.3) is 5.91 Å². The van der Waals surface area contributed by atoms with Crippen LogP contribution in [0.15, 0.2) is 78.9 Å². The fourth-order valence-corrected chi connectivity index (χ4v) is 3.61. The number of ether oxygens (including phenoxy) is 1. The average molecular weight is 481 g/mol. The molecule has 0 bridgehead atoms. The number of rotatable bonds is 12. The Morgan fingerprint density at radius 2 is 1.51 bits per heavy atom. The number of hydrogen-bond donors (Lipinski definition) is 1. The molecule has 0 aliphatic heterocycles. The lowest BCUT2D eigenvalue weighted by molar-refractivity contribution is -0.142. The van der Waals surface area contributed by atoms with E-state index in [1.165, 1.54) is 41.3 Å². The SMILES string of the molecule is CCCCNC(=O)[C@@H](Cc1ccccc1)N(Cc1ccc(F)cc1)C(=O)COc1ccc(F)cc1. The molecule has 3 aromatic carbocycles. The van der Waals surface area contributed by atoms with Crippen molar-refractivity contribution in [2.45, 2.75) is 38.8 Å². The monoisotopic (exact) mass is 480 g/mol. The molecule has 35 heavy (non-hydrogen) atoms. The minimum absolute atomic E-state index is 0.102. The maximum atomic E-state index is 13.5. The Hall–Kier alpha value is -3.74. The van der Waals surface area contributed by atoms with Crippen LogP contribution in [0, 0.1) is 11.6 Å². The number of hydrogen-bond acceptors (Lipinski definition) is 3. The van der Waals surface area contributed by atoms with Crippen LogP contribution in [0.25, 0.3) is 0 Å². The Kier molecular flexibility index (Phi) is 9.78. The summed E-state index contributed by atoms with van der Waals surface area (Å²) in [6.07, 6.45) is 2.05. The van der Waals surface area contributed by atoms with Gasteiger partial charge in [-0.15, -0.1) is 0 Å². The predicted molar refractivity (Wildman–Crippen MR) is 131 cm³/mol. The summed E-state index contributed by atoms with van der Waals surface area (Å²) in [6, 6.07) is 19.8. The number of nitrogens with zero attached hydrogens (tertiary/aromatic N) is 1. The van der Waals surface area contributed by atoms with Gasteiger partial charge in [0.15, 0.2) is 6.61 Å². The van der Waals surface area contributed by atoms with E-state index in [4.69, 9.17) is 4.74 Å². The molecule has 1 N–H and O–H groups in total. The number of unbranched alkanes of at least 4 members (excludes halogenated alkanes) is 1. The summed E-state index contributed by atoms with van der Waals surface area (Å²) in [6.45, 7) is 2.31. The van der Waals surface area contributed by atoms with Crippen molar-refractivity contribution in [1.29, 1.82) is 0 Å². The Bertz CT molecular complexity index is 1070. The molecule has 0 unspecified atom stereocenters. The van der Waals surface area contributed by atoms with Crippen LogP contribution in [0.2, 0.25) is 0 Å². The average Bonchev–Trinajstić information content (AvgIpc) is 2.87. The highest BCUT2D eigenvalue weighted by molar-refractivity contribution is 5.88. The summed E-state index contributed by atoms with van der Waals surface area (Å²) >= 11 is 0. The molecule has 0 radical (unpaired) electrons. The van der Waals surface area contributed by atoms with Gasteiger partial charge in [-0.1, -0.05) is 55.8 Å². The van der Waals surface area contributed by atoms with Crippen molar-refractivity contribution in [3.8, 4) is 5.75 Å². The van der Waals surface area contributed by atoms with Crippen LogP contribution in [-0.4, -0.2) is 35.9 Å². The highest BCUT2D eigenvalue weighted by Gasteiger charge is 2.30. The molecule has 0 spiro atoms. The van der Waals surface area contributed by atoms with Crippen LogP contribution < -0.4 is 10.1 Å². The lowest BCUT2D eigenvalue weighted by atomic mass is 10.0. The molecule has 5 nitrogen and oxygen atoms in total. The Balaban J connectivity index is 1.86. The van der Waals surface area contributed by atoms with E-state index in [-0.39, 0.29) is 24.9 Å². The molecule has 184 valence electrons. The van der Waals surface area contributed by atoms with Gasteiger partial charge in [-0.05, 0) is 53.9 Å². The molecule has 0 aliphatic rings. The van der Waals surface area contributed by atoms with E-state index in [0.717, 1.165) is 18.4 Å². The fraction of sp³-hybridized carbons (Fsp3) is 0.286. The van der Waals surface area contributed by atoms with Gasteiger partial charge in [0.05, 0.1) is 0 Å². The largest absolute Gasteiger partial charge is 0.484 e. The van der Waals surface area contributed by atoms with E-state index in [0.29, 0.717) is 24.3 Å². The molecular formula is C28H30F2N2O3. The van der Waals surface area contributed by atoms with Crippen molar-refractivity contribution in [3.05, 3.63) is 102 Å². The van der Waals surface area contributed by atoms with Crippen molar-refractivity contribution < 1.29 is 23.1 Å². The summed E-state index contributed by atoms with van der Waals surface area (Å²) in [5, 5.41) is 2.94. The zero-order valence-corrected chi connectivity index (χ0v) is 19.8. The molecule has 1 atom stereocenters. The number of carbonyl (C=O) groups excluding carboxylic acids is 2. The number of benzene rings is 3. The third-order valence-corrected chi connectivity index (χ3v) is 5.54. The van der Waals surface area contributed by atoms with Crippen molar-refractivity contribution in [3.63, 3.8) is 0 Å². The van der Waals surface area contributed by atoms with Gasteiger partial charge in [-0.3, -0.25) is 9.59 Å². The number of nitrogens with one attached hydrogen (secondary N) is 1. The van der Waals surface area contributed by atoms with E-state index in [1.807, 2.05) is 37.3 Å². The normalized spacial score (nSPS) is 11.5. The molecule has 0 fully saturated rings. The van der Waals surface area contributed by atoms with Crippen LogP contribution in [0.4, 0.5) is 8.78 Å². The highest BCUT2D eigenvalue weighted by atomic mass is 19.1. The molecule has 0 aliphatic carbocycles. The van der Waals surface area contributed by atoms with Crippen LogP contribution in [-0.2, 0) is 22.6 Å². The highest BCUT2D eigenvalue weighted by Crippen LogP contribution is 2.17. The van der Waals surface area contributed by atoms with Crippen LogP contribution in [0.5, 0.6) is 5.75 Å². The van der Waals surface area contributed by atoms with Gasteiger partial charge >= 0.3 is 0 Å². The van der Waals surface area contributed by atoms with Gasteiger partial charge in [0.1, 0.15) is 23.4 Å². The number of amides is 2. The minimum atomic E-state index is -0.802. The second-order valence-corrected chi connectivity index (χ2v) is 8.24. The van der Waals surface area contributed by atoms with Crippen molar-refractivity contribution >= 4 is 11.8 Å². The molecule has 0 saturated heterocycles. The molecule has 0 aromatic heterocycles. The molecule has 0 saturated carbocycles. The topological polar surface area (TPSA) is 58.6 Å². The van der Waals surface area contributed by atoms with Crippen molar-refractivity contribution in [1.82, 2.24) is 10.2 Å². The van der Waals surface area contributed by atoms with E-state index in [2.05, 4.69) is 5.32 Å². The van der Waals surface area contributed by atoms with Crippen LogP contribution in [0.1, 0.15) is 30.9 Å². The zero-order chi connectivity index (χ0) is 25.0. The maximum absolute atomic E-state index is 13.5. The van der Waals surface area contributed by atoms with E-state index in [1.54, 1.807) is 12.1 Å². The molecule has 3 aromatic rings. The molecule has 2 amide bonds. The van der Waals surface area contributed by atoms with Gasteiger partial charge in [-0.25, -0.2) is 8.78 Å².